The fourth-order valence-corrected chi connectivity index (χ4v) is 6.95. The fourth-order valence-electron chi connectivity index (χ4n) is 5.06. The molecule has 0 aliphatic heterocycles. The van der Waals surface area contributed by atoms with E-state index < -0.39 is 0 Å². The Morgan fingerprint density at radius 2 is 1.63 bits per heavy atom. The third-order valence-electron chi connectivity index (χ3n) is 6.73. The Morgan fingerprint density at radius 3 is 2.27 bits per heavy atom. The molecule has 0 aromatic carbocycles. The maximum absolute atomic E-state index is 13.4. The molecule has 3 heterocycles. The molecule has 0 atom stereocenters. The second kappa shape index (κ2) is 7.68. The lowest BCUT2D eigenvalue weighted by atomic mass is 9.89. The van der Waals surface area contributed by atoms with Gasteiger partial charge in [-0.25, -0.2) is 4.98 Å². The van der Waals surface area contributed by atoms with Crippen LogP contribution in [0.25, 0.3) is 10.2 Å². The number of fused-ring (bicyclic) bond motifs is 4. The molecular formula is C23H27N3O2S2. The van der Waals surface area contributed by atoms with Gasteiger partial charge in [-0.1, -0.05) is 11.8 Å². The molecule has 3 aromatic heterocycles. The van der Waals surface area contributed by atoms with Gasteiger partial charge in [-0.2, -0.15) is 0 Å². The normalized spacial score (nSPS) is 16.0. The minimum absolute atomic E-state index is 0.0208. The van der Waals surface area contributed by atoms with E-state index in [9.17, 15) is 9.59 Å². The number of nitrogens with zero attached hydrogens (tertiary/aromatic N) is 3. The highest BCUT2D eigenvalue weighted by Crippen LogP contribution is 2.35. The smallest absolute Gasteiger partial charge is 0.262 e. The average molecular weight is 442 g/mol. The maximum atomic E-state index is 13.4. The first-order chi connectivity index (χ1) is 14.5. The fraction of sp³-hybridized carbons (Fsp3) is 0.522. The molecule has 30 heavy (non-hydrogen) atoms. The third-order valence-corrected chi connectivity index (χ3v) is 8.84. The molecule has 2 aliphatic rings. The van der Waals surface area contributed by atoms with Crippen LogP contribution in [0, 0.1) is 13.8 Å². The summed E-state index contributed by atoms with van der Waals surface area (Å²) < 4.78 is 3.64. The molecule has 0 N–H and O–H groups in total. The van der Waals surface area contributed by atoms with Crippen LogP contribution >= 0.6 is 23.1 Å². The van der Waals surface area contributed by atoms with Gasteiger partial charge >= 0.3 is 0 Å². The predicted octanol–water partition coefficient (Wildman–Crippen LogP) is 4.60. The first-order valence-electron chi connectivity index (χ1n) is 10.8. The summed E-state index contributed by atoms with van der Waals surface area (Å²) in [5, 5.41) is 1.33. The van der Waals surface area contributed by atoms with Crippen molar-refractivity contribution < 1.29 is 4.79 Å². The molecule has 0 spiro atoms. The molecule has 0 saturated carbocycles. The lowest BCUT2D eigenvalue weighted by Crippen LogP contribution is -2.23. The van der Waals surface area contributed by atoms with E-state index in [4.69, 9.17) is 4.98 Å². The van der Waals surface area contributed by atoms with Gasteiger partial charge in [0.15, 0.2) is 5.16 Å². The molecule has 5 rings (SSSR count). The predicted molar refractivity (Wildman–Crippen MR) is 123 cm³/mol. The van der Waals surface area contributed by atoms with Gasteiger partial charge < -0.3 is 0 Å². The van der Waals surface area contributed by atoms with Crippen molar-refractivity contribution in [3.8, 4) is 0 Å². The molecule has 158 valence electrons. The van der Waals surface area contributed by atoms with Crippen LogP contribution in [0.5, 0.6) is 0 Å². The summed E-state index contributed by atoms with van der Waals surface area (Å²) in [7, 11) is 1.76. The molecule has 7 heteroatoms. The number of hydrogen-bond donors (Lipinski definition) is 0. The summed E-state index contributed by atoms with van der Waals surface area (Å²) in [5.41, 5.74) is 6.45. The molecule has 5 nitrogen and oxygen atoms in total. The van der Waals surface area contributed by atoms with Gasteiger partial charge in [0.1, 0.15) is 4.83 Å². The summed E-state index contributed by atoms with van der Waals surface area (Å²) >= 11 is 2.94. The van der Waals surface area contributed by atoms with Gasteiger partial charge in [0.25, 0.3) is 5.56 Å². The van der Waals surface area contributed by atoms with Crippen LogP contribution in [0.1, 0.15) is 63.4 Å². The third kappa shape index (κ3) is 3.09. The van der Waals surface area contributed by atoms with Crippen molar-refractivity contribution >= 4 is 39.2 Å². The lowest BCUT2D eigenvalue weighted by Gasteiger charge is -2.16. The molecule has 0 unspecified atom stereocenters. The number of thioether (sulfide) groups is 1. The van der Waals surface area contributed by atoms with Crippen LogP contribution in [-0.4, -0.2) is 25.8 Å². The van der Waals surface area contributed by atoms with E-state index in [2.05, 4.69) is 0 Å². The SMILES string of the molecule is Cc1sc2nc(SCC(=O)n3c4c(c5c3CCCC5)CCCC4)n(C)c(=O)c2c1C. The number of thiophene rings is 1. The van der Waals surface area contributed by atoms with Crippen molar-refractivity contribution in [1.29, 1.82) is 0 Å². The van der Waals surface area contributed by atoms with E-state index in [-0.39, 0.29) is 11.5 Å². The molecule has 0 bridgehead atoms. The molecule has 0 fully saturated rings. The topological polar surface area (TPSA) is 56.9 Å². The Bertz CT molecular complexity index is 1200. The zero-order valence-corrected chi connectivity index (χ0v) is 19.5. The number of hydrogen-bond acceptors (Lipinski definition) is 5. The van der Waals surface area contributed by atoms with Gasteiger partial charge in [0.05, 0.1) is 11.1 Å². The number of rotatable bonds is 3. The van der Waals surface area contributed by atoms with Crippen LogP contribution in [0.4, 0.5) is 0 Å². The Labute approximate surface area is 184 Å². The van der Waals surface area contributed by atoms with Crippen molar-refractivity contribution in [2.45, 2.75) is 70.4 Å². The summed E-state index contributed by atoms with van der Waals surface area (Å²) in [6, 6.07) is 0. The van der Waals surface area contributed by atoms with E-state index in [1.807, 2.05) is 18.4 Å². The zero-order valence-electron chi connectivity index (χ0n) is 17.8. The van der Waals surface area contributed by atoms with E-state index in [1.165, 1.54) is 60.0 Å². The van der Waals surface area contributed by atoms with E-state index in [0.29, 0.717) is 16.3 Å². The maximum Gasteiger partial charge on any atom is 0.262 e. The highest BCUT2D eigenvalue weighted by atomic mass is 32.2. The van der Waals surface area contributed by atoms with Gasteiger partial charge in [0.2, 0.25) is 5.91 Å². The van der Waals surface area contributed by atoms with Crippen molar-refractivity contribution in [3.05, 3.63) is 43.3 Å². The minimum Gasteiger partial charge on any atom is -0.290 e. The molecule has 3 aromatic rings. The van der Waals surface area contributed by atoms with Crippen LogP contribution in [0.15, 0.2) is 9.95 Å². The summed E-state index contributed by atoms with van der Waals surface area (Å²) in [5.74, 6) is 0.442. The number of aromatic nitrogens is 3. The van der Waals surface area contributed by atoms with Gasteiger partial charge in [-0.15, -0.1) is 11.3 Å². The van der Waals surface area contributed by atoms with Gasteiger partial charge in [-0.3, -0.25) is 18.7 Å². The number of aryl methyl sites for hydroxylation is 2. The van der Waals surface area contributed by atoms with Crippen LogP contribution in [0.2, 0.25) is 0 Å². The molecule has 2 aliphatic carbocycles. The quantitative estimate of drug-likeness (QED) is 0.440. The monoisotopic (exact) mass is 441 g/mol. The van der Waals surface area contributed by atoms with Crippen molar-refractivity contribution in [1.82, 2.24) is 14.1 Å². The van der Waals surface area contributed by atoms with Crippen molar-refractivity contribution in [2.75, 3.05) is 5.75 Å². The first-order valence-corrected chi connectivity index (χ1v) is 12.6. The molecular weight excluding hydrogens is 414 g/mol. The standard InChI is InChI=1S/C23H27N3O2S2/c1-13-14(2)30-21-20(13)22(28)25(3)23(24-21)29-12-19(27)26-17-10-6-4-8-15(17)16-9-5-7-11-18(16)26/h4-12H2,1-3H3. The van der Waals surface area contributed by atoms with E-state index in [0.717, 1.165) is 41.0 Å². The van der Waals surface area contributed by atoms with Crippen LogP contribution in [0.3, 0.4) is 0 Å². The largest absolute Gasteiger partial charge is 0.290 e. The second-order valence-corrected chi connectivity index (χ2v) is 10.7. The van der Waals surface area contributed by atoms with Gasteiger partial charge in [-0.05, 0) is 81.9 Å². The lowest BCUT2D eigenvalue weighted by molar-refractivity contribution is 0.0934. The molecule has 0 radical (unpaired) electrons. The number of carbonyl (C=O) groups is 1. The minimum atomic E-state index is -0.0208. The van der Waals surface area contributed by atoms with Crippen LogP contribution < -0.4 is 5.56 Å². The Morgan fingerprint density at radius 1 is 1.03 bits per heavy atom. The van der Waals surface area contributed by atoms with Crippen LogP contribution in [-0.2, 0) is 32.7 Å². The highest BCUT2D eigenvalue weighted by Gasteiger charge is 2.29. The summed E-state index contributed by atoms with van der Waals surface area (Å²) in [4.78, 5) is 32.9. The second-order valence-electron chi connectivity index (χ2n) is 8.50. The van der Waals surface area contributed by atoms with E-state index in [1.54, 1.807) is 23.0 Å². The van der Waals surface area contributed by atoms with Crippen molar-refractivity contribution in [3.63, 3.8) is 0 Å². The number of carbonyl (C=O) groups excluding carboxylic acids is 1. The zero-order chi connectivity index (χ0) is 21.0. The van der Waals surface area contributed by atoms with E-state index >= 15 is 0 Å². The summed E-state index contributed by atoms with van der Waals surface area (Å²) in [6.07, 6.45) is 9.06. The van der Waals surface area contributed by atoms with Crippen molar-refractivity contribution in [2.24, 2.45) is 7.05 Å². The average Bonchev–Trinajstić information content (AvgIpc) is 3.23. The molecule has 0 saturated heterocycles. The first kappa shape index (κ1) is 20.1. The summed E-state index contributed by atoms with van der Waals surface area (Å²) in [6.45, 7) is 4.00. The van der Waals surface area contributed by atoms with Gasteiger partial charge in [0, 0.05) is 23.3 Å². The Hall–Kier alpha value is -1.86. The Balaban J connectivity index is 1.47. The Kier molecular flexibility index (Phi) is 5.14. The molecule has 0 amide bonds. The highest BCUT2D eigenvalue weighted by molar-refractivity contribution is 7.99.